The lowest BCUT2D eigenvalue weighted by molar-refractivity contribution is 0.622. The molecule has 0 saturated heterocycles. The van der Waals surface area contributed by atoms with E-state index in [1.54, 1.807) is 10.4 Å². The van der Waals surface area contributed by atoms with E-state index in [9.17, 15) is 0 Å². The Balaban J connectivity index is 2.19. The standard InChI is InChI=1S/C12H15NS/c1-3-5-10(13-2)12-8-9-6-4-7-11(9)14-12/h1,8,10,13H,4-7H2,2H3. The zero-order chi connectivity index (χ0) is 9.97. The van der Waals surface area contributed by atoms with Gasteiger partial charge in [0.2, 0.25) is 0 Å². The molecule has 0 aliphatic heterocycles. The van der Waals surface area contributed by atoms with Crippen LogP contribution >= 0.6 is 11.3 Å². The molecule has 74 valence electrons. The molecular formula is C12H15NS. The second kappa shape index (κ2) is 4.16. The third-order valence-electron chi connectivity index (χ3n) is 2.78. The number of aryl methyl sites for hydroxylation is 2. The first kappa shape index (κ1) is 9.76. The molecule has 1 unspecified atom stereocenters. The molecule has 1 aliphatic rings. The summed E-state index contributed by atoms with van der Waals surface area (Å²) in [6.45, 7) is 0. The maximum absolute atomic E-state index is 5.35. The second-order valence-corrected chi connectivity index (χ2v) is 4.87. The minimum Gasteiger partial charge on any atom is -0.312 e. The van der Waals surface area contributed by atoms with Gasteiger partial charge < -0.3 is 5.32 Å². The van der Waals surface area contributed by atoms with Crippen molar-refractivity contribution in [3.05, 3.63) is 21.4 Å². The molecule has 0 saturated carbocycles. The van der Waals surface area contributed by atoms with Gasteiger partial charge in [-0.3, -0.25) is 0 Å². The van der Waals surface area contributed by atoms with E-state index < -0.39 is 0 Å². The van der Waals surface area contributed by atoms with Crippen molar-refractivity contribution >= 4 is 11.3 Å². The Labute approximate surface area is 89.5 Å². The SMILES string of the molecule is C#CCC(NC)c1cc2c(s1)CCC2. The number of terminal acetylenes is 1. The van der Waals surface area contributed by atoms with E-state index in [0.29, 0.717) is 6.04 Å². The number of thiophene rings is 1. The van der Waals surface area contributed by atoms with Crippen LogP contribution in [-0.4, -0.2) is 7.05 Å². The van der Waals surface area contributed by atoms with Gasteiger partial charge in [-0.25, -0.2) is 0 Å². The molecule has 0 radical (unpaired) electrons. The van der Waals surface area contributed by atoms with Gasteiger partial charge in [0, 0.05) is 16.2 Å². The molecule has 0 aromatic carbocycles. The predicted octanol–water partition coefficient (Wildman–Crippen LogP) is 2.52. The fourth-order valence-corrected chi connectivity index (χ4v) is 3.35. The van der Waals surface area contributed by atoms with E-state index in [1.807, 2.05) is 18.4 Å². The van der Waals surface area contributed by atoms with Gasteiger partial charge in [-0.05, 0) is 37.9 Å². The molecule has 1 N–H and O–H groups in total. The largest absolute Gasteiger partial charge is 0.312 e. The zero-order valence-corrected chi connectivity index (χ0v) is 9.29. The summed E-state index contributed by atoms with van der Waals surface area (Å²) in [4.78, 5) is 2.99. The van der Waals surface area contributed by atoms with Crippen molar-refractivity contribution in [2.75, 3.05) is 7.05 Å². The molecule has 0 amide bonds. The number of hydrogen-bond acceptors (Lipinski definition) is 2. The average Bonchev–Trinajstić information content (AvgIpc) is 2.73. The zero-order valence-electron chi connectivity index (χ0n) is 8.47. The second-order valence-electron chi connectivity index (χ2n) is 3.70. The lowest BCUT2D eigenvalue weighted by Gasteiger charge is -2.10. The number of hydrogen-bond donors (Lipinski definition) is 1. The average molecular weight is 205 g/mol. The van der Waals surface area contributed by atoms with Crippen molar-refractivity contribution in [2.24, 2.45) is 0 Å². The molecular weight excluding hydrogens is 190 g/mol. The lowest BCUT2D eigenvalue weighted by Crippen LogP contribution is -2.14. The highest BCUT2D eigenvalue weighted by atomic mass is 32.1. The van der Waals surface area contributed by atoms with Crippen molar-refractivity contribution in [3.8, 4) is 12.3 Å². The Hall–Kier alpha value is -0.780. The summed E-state index contributed by atoms with van der Waals surface area (Å²) in [7, 11) is 1.98. The van der Waals surface area contributed by atoms with Gasteiger partial charge in [-0.2, -0.15) is 0 Å². The Morgan fingerprint density at radius 1 is 1.64 bits per heavy atom. The van der Waals surface area contributed by atoms with Crippen LogP contribution in [0, 0.1) is 12.3 Å². The third kappa shape index (κ3) is 1.70. The fraction of sp³-hybridized carbons (Fsp3) is 0.500. The fourth-order valence-electron chi connectivity index (χ4n) is 1.99. The highest BCUT2D eigenvalue weighted by molar-refractivity contribution is 7.12. The number of nitrogens with one attached hydrogen (secondary N) is 1. The van der Waals surface area contributed by atoms with Crippen molar-refractivity contribution in [3.63, 3.8) is 0 Å². The highest BCUT2D eigenvalue weighted by Gasteiger charge is 2.18. The van der Waals surface area contributed by atoms with Gasteiger partial charge in [-0.15, -0.1) is 23.7 Å². The van der Waals surface area contributed by atoms with E-state index in [2.05, 4.69) is 17.3 Å². The Kier molecular flexibility index (Phi) is 2.90. The molecule has 14 heavy (non-hydrogen) atoms. The van der Waals surface area contributed by atoms with Crippen LogP contribution in [0.2, 0.25) is 0 Å². The van der Waals surface area contributed by atoms with Crippen LogP contribution in [0.25, 0.3) is 0 Å². The van der Waals surface area contributed by atoms with Gasteiger partial charge in [0.1, 0.15) is 0 Å². The lowest BCUT2D eigenvalue weighted by atomic mass is 10.1. The van der Waals surface area contributed by atoms with Gasteiger partial charge in [-0.1, -0.05) is 0 Å². The summed E-state index contributed by atoms with van der Waals surface area (Å²) in [6.07, 6.45) is 10.0. The Morgan fingerprint density at radius 3 is 3.14 bits per heavy atom. The Morgan fingerprint density at radius 2 is 2.50 bits per heavy atom. The monoisotopic (exact) mass is 205 g/mol. The topological polar surface area (TPSA) is 12.0 Å². The molecule has 1 heterocycles. The van der Waals surface area contributed by atoms with Gasteiger partial charge >= 0.3 is 0 Å². The summed E-state index contributed by atoms with van der Waals surface area (Å²) < 4.78 is 0. The van der Waals surface area contributed by atoms with E-state index in [4.69, 9.17) is 6.42 Å². The maximum Gasteiger partial charge on any atom is 0.0523 e. The van der Waals surface area contributed by atoms with Gasteiger partial charge in [0.05, 0.1) is 6.04 Å². The van der Waals surface area contributed by atoms with Crippen LogP contribution in [0.1, 0.15) is 34.2 Å². The summed E-state index contributed by atoms with van der Waals surface area (Å²) >= 11 is 1.94. The molecule has 1 aromatic heterocycles. The first-order valence-electron chi connectivity index (χ1n) is 5.07. The van der Waals surface area contributed by atoms with Crippen LogP contribution in [0.5, 0.6) is 0 Å². The maximum atomic E-state index is 5.35. The molecule has 0 spiro atoms. The van der Waals surface area contributed by atoms with Crippen LogP contribution in [-0.2, 0) is 12.8 Å². The quantitative estimate of drug-likeness (QED) is 0.748. The van der Waals surface area contributed by atoms with Crippen LogP contribution in [0.3, 0.4) is 0 Å². The molecule has 1 atom stereocenters. The highest BCUT2D eigenvalue weighted by Crippen LogP contribution is 2.34. The van der Waals surface area contributed by atoms with E-state index in [-0.39, 0.29) is 0 Å². The first-order chi connectivity index (χ1) is 6.85. The summed E-state index contributed by atoms with van der Waals surface area (Å²) in [5.74, 6) is 2.73. The number of fused-ring (bicyclic) bond motifs is 1. The molecule has 2 rings (SSSR count). The van der Waals surface area contributed by atoms with Crippen molar-refractivity contribution in [1.29, 1.82) is 0 Å². The van der Waals surface area contributed by atoms with Crippen molar-refractivity contribution in [1.82, 2.24) is 5.32 Å². The third-order valence-corrected chi connectivity index (χ3v) is 4.13. The van der Waals surface area contributed by atoms with E-state index >= 15 is 0 Å². The molecule has 2 heteroatoms. The summed E-state index contributed by atoms with van der Waals surface area (Å²) in [6, 6.07) is 2.70. The Bertz CT molecular complexity index is 337. The van der Waals surface area contributed by atoms with Gasteiger partial charge in [0.25, 0.3) is 0 Å². The van der Waals surface area contributed by atoms with E-state index in [0.717, 1.165) is 6.42 Å². The van der Waals surface area contributed by atoms with Crippen LogP contribution in [0.4, 0.5) is 0 Å². The normalized spacial score (nSPS) is 16.3. The first-order valence-corrected chi connectivity index (χ1v) is 5.89. The molecule has 0 bridgehead atoms. The summed E-state index contributed by atoms with van der Waals surface area (Å²) in [5, 5.41) is 3.28. The van der Waals surface area contributed by atoms with Crippen molar-refractivity contribution in [2.45, 2.75) is 31.7 Å². The molecule has 0 fully saturated rings. The minimum atomic E-state index is 0.357. The minimum absolute atomic E-state index is 0.357. The van der Waals surface area contributed by atoms with Crippen molar-refractivity contribution < 1.29 is 0 Å². The predicted molar refractivity (Wildman–Crippen MR) is 61.6 cm³/mol. The smallest absolute Gasteiger partial charge is 0.0523 e. The number of rotatable bonds is 3. The van der Waals surface area contributed by atoms with Gasteiger partial charge in [0.15, 0.2) is 0 Å². The summed E-state index contributed by atoms with van der Waals surface area (Å²) in [5.41, 5.74) is 1.56. The molecule has 1 aromatic rings. The van der Waals surface area contributed by atoms with Crippen LogP contribution < -0.4 is 5.32 Å². The van der Waals surface area contributed by atoms with Crippen LogP contribution in [0.15, 0.2) is 6.07 Å². The molecule has 1 aliphatic carbocycles. The molecule has 1 nitrogen and oxygen atoms in total. The van der Waals surface area contributed by atoms with E-state index in [1.165, 1.54) is 24.1 Å².